The van der Waals surface area contributed by atoms with E-state index in [1.807, 2.05) is 37.4 Å². The quantitative estimate of drug-likeness (QED) is 0.909. The number of hydrogen-bond acceptors (Lipinski definition) is 4. The molecule has 20 heavy (non-hydrogen) atoms. The first-order chi connectivity index (χ1) is 9.60. The van der Waals surface area contributed by atoms with Crippen LogP contribution in [0.4, 0.5) is 5.82 Å². The minimum absolute atomic E-state index is 0.486. The van der Waals surface area contributed by atoms with Crippen molar-refractivity contribution in [3.63, 3.8) is 0 Å². The summed E-state index contributed by atoms with van der Waals surface area (Å²) in [5.74, 6) is 1.73. The molecule has 1 atom stereocenters. The Bertz CT molecular complexity index is 553. The zero-order chi connectivity index (χ0) is 14.5. The molecule has 0 amide bonds. The maximum absolute atomic E-state index is 9.48. The van der Waals surface area contributed by atoms with Crippen LogP contribution in [0.5, 0.6) is 5.75 Å². The second kappa shape index (κ2) is 6.39. The third-order valence-electron chi connectivity index (χ3n) is 3.20. The van der Waals surface area contributed by atoms with Gasteiger partial charge in [0.15, 0.2) is 0 Å². The highest BCUT2D eigenvalue weighted by molar-refractivity contribution is 5.40. The average Bonchev–Trinajstić information content (AvgIpc) is 2.47. The van der Waals surface area contributed by atoms with Gasteiger partial charge in [-0.25, -0.2) is 4.98 Å². The lowest BCUT2D eigenvalue weighted by Gasteiger charge is -2.19. The molecule has 0 bridgehead atoms. The molecule has 0 unspecified atom stereocenters. The van der Waals surface area contributed by atoms with Crippen molar-refractivity contribution in [2.75, 3.05) is 19.1 Å². The minimum Gasteiger partial charge on any atom is -0.497 e. The molecule has 1 aromatic carbocycles. The number of aromatic nitrogens is 1. The highest BCUT2D eigenvalue weighted by atomic mass is 16.5. The van der Waals surface area contributed by atoms with E-state index < -0.39 is 6.10 Å². The Hall–Kier alpha value is -2.07. The summed E-state index contributed by atoms with van der Waals surface area (Å²) in [6.07, 6.45) is 1.22. The zero-order valence-electron chi connectivity index (χ0n) is 12.1. The van der Waals surface area contributed by atoms with Gasteiger partial charge >= 0.3 is 0 Å². The normalized spacial score (nSPS) is 12.0. The van der Waals surface area contributed by atoms with Crippen LogP contribution in [-0.2, 0) is 6.54 Å². The van der Waals surface area contributed by atoms with E-state index in [0.29, 0.717) is 0 Å². The second-order valence-corrected chi connectivity index (χ2v) is 4.83. The Balaban J connectivity index is 2.08. The molecule has 0 aliphatic carbocycles. The molecule has 0 aliphatic heterocycles. The first kappa shape index (κ1) is 14.3. The fraction of sp³-hybridized carbons (Fsp3) is 0.312. The van der Waals surface area contributed by atoms with Crippen LogP contribution in [0.15, 0.2) is 42.6 Å². The number of aliphatic hydroxyl groups is 1. The summed E-state index contributed by atoms with van der Waals surface area (Å²) >= 11 is 0. The van der Waals surface area contributed by atoms with Crippen molar-refractivity contribution in [3.05, 3.63) is 53.7 Å². The molecule has 2 aromatic rings. The Morgan fingerprint density at radius 3 is 2.70 bits per heavy atom. The van der Waals surface area contributed by atoms with Crippen LogP contribution in [-0.4, -0.2) is 24.2 Å². The average molecular weight is 272 g/mol. The summed E-state index contributed by atoms with van der Waals surface area (Å²) in [4.78, 5) is 6.43. The summed E-state index contributed by atoms with van der Waals surface area (Å²) < 4.78 is 5.22. The molecule has 0 radical (unpaired) electrons. The van der Waals surface area contributed by atoms with Crippen molar-refractivity contribution in [2.45, 2.75) is 19.6 Å². The summed E-state index contributed by atoms with van der Waals surface area (Å²) in [5.41, 5.74) is 1.98. The van der Waals surface area contributed by atoms with Gasteiger partial charge in [-0.05, 0) is 36.2 Å². The van der Waals surface area contributed by atoms with Gasteiger partial charge in [-0.3, -0.25) is 0 Å². The van der Waals surface area contributed by atoms with E-state index in [0.717, 1.165) is 29.2 Å². The molecule has 4 heteroatoms. The third kappa shape index (κ3) is 3.48. The van der Waals surface area contributed by atoms with Crippen molar-refractivity contribution in [1.82, 2.24) is 4.98 Å². The van der Waals surface area contributed by atoms with E-state index >= 15 is 0 Å². The summed E-state index contributed by atoms with van der Waals surface area (Å²) in [6, 6.07) is 11.8. The molecule has 0 saturated heterocycles. The van der Waals surface area contributed by atoms with Crippen LogP contribution in [0.2, 0.25) is 0 Å². The number of anilines is 1. The van der Waals surface area contributed by atoms with Crippen LogP contribution in [0.1, 0.15) is 24.2 Å². The van der Waals surface area contributed by atoms with E-state index in [1.54, 1.807) is 20.2 Å². The maximum atomic E-state index is 9.48. The highest BCUT2D eigenvalue weighted by Crippen LogP contribution is 2.18. The number of pyridine rings is 1. The van der Waals surface area contributed by atoms with Gasteiger partial charge in [-0.2, -0.15) is 0 Å². The fourth-order valence-electron chi connectivity index (χ4n) is 2.00. The van der Waals surface area contributed by atoms with Gasteiger partial charge in [0.05, 0.1) is 13.2 Å². The lowest BCUT2D eigenvalue weighted by atomic mass is 10.2. The van der Waals surface area contributed by atoms with Gasteiger partial charge < -0.3 is 14.7 Å². The number of ether oxygens (including phenoxy) is 1. The Morgan fingerprint density at radius 2 is 2.10 bits per heavy atom. The van der Waals surface area contributed by atoms with Gasteiger partial charge in [0.2, 0.25) is 0 Å². The van der Waals surface area contributed by atoms with E-state index in [1.165, 1.54) is 0 Å². The van der Waals surface area contributed by atoms with Gasteiger partial charge in [0, 0.05) is 19.8 Å². The smallest absolute Gasteiger partial charge is 0.128 e. The largest absolute Gasteiger partial charge is 0.497 e. The van der Waals surface area contributed by atoms with E-state index in [4.69, 9.17) is 4.74 Å². The summed E-state index contributed by atoms with van der Waals surface area (Å²) in [6.45, 7) is 2.48. The molecule has 0 aliphatic rings. The zero-order valence-corrected chi connectivity index (χ0v) is 12.1. The van der Waals surface area contributed by atoms with E-state index in [9.17, 15) is 5.11 Å². The van der Waals surface area contributed by atoms with Crippen LogP contribution < -0.4 is 9.64 Å². The van der Waals surface area contributed by atoms with E-state index in [2.05, 4.69) is 16.0 Å². The molecule has 1 heterocycles. The van der Waals surface area contributed by atoms with Crippen molar-refractivity contribution in [3.8, 4) is 5.75 Å². The Morgan fingerprint density at radius 1 is 1.30 bits per heavy atom. The number of aliphatic hydroxyl groups excluding tert-OH is 1. The van der Waals surface area contributed by atoms with E-state index in [-0.39, 0.29) is 0 Å². The van der Waals surface area contributed by atoms with Crippen LogP contribution in [0, 0.1) is 0 Å². The van der Waals surface area contributed by atoms with Crippen LogP contribution >= 0.6 is 0 Å². The second-order valence-electron chi connectivity index (χ2n) is 4.83. The lowest BCUT2D eigenvalue weighted by molar-refractivity contribution is 0.199. The molecule has 4 nitrogen and oxygen atoms in total. The molecule has 0 spiro atoms. The van der Waals surface area contributed by atoms with Crippen molar-refractivity contribution in [1.29, 1.82) is 0 Å². The monoisotopic (exact) mass is 272 g/mol. The first-order valence-electron chi connectivity index (χ1n) is 6.58. The topological polar surface area (TPSA) is 45.6 Å². The molecule has 0 fully saturated rings. The minimum atomic E-state index is -0.486. The Labute approximate surface area is 119 Å². The van der Waals surface area contributed by atoms with Crippen LogP contribution in [0.3, 0.4) is 0 Å². The van der Waals surface area contributed by atoms with Gasteiger partial charge in [0.1, 0.15) is 11.6 Å². The molecule has 106 valence electrons. The summed E-state index contributed by atoms with van der Waals surface area (Å²) in [5, 5.41) is 9.48. The number of nitrogens with zero attached hydrogens (tertiary/aromatic N) is 2. The number of rotatable bonds is 5. The number of methoxy groups -OCH3 is 1. The molecule has 2 rings (SSSR count). The van der Waals surface area contributed by atoms with Crippen LogP contribution in [0.25, 0.3) is 0 Å². The maximum Gasteiger partial charge on any atom is 0.128 e. The molecule has 0 saturated carbocycles. The van der Waals surface area contributed by atoms with Crippen molar-refractivity contribution >= 4 is 5.82 Å². The van der Waals surface area contributed by atoms with Gasteiger partial charge in [-0.15, -0.1) is 0 Å². The van der Waals surface area contributed by atoms with Crippen molar-refractivity contribution < 1.29 is 9.84 Å². The summed E-state index contributed by atoms with van der Waals surface area (Å²) in [7, 11) is 3.66. The molecule has 1 aromatic heterocycles. The number of benzene rings is 1. The van der Waals surface area contributed by atoms with Gasteiger partial charge in [0.25, 0.3) is 0 Å². The first-order valence-corrected chi connectivity index (χ1v) is 6.58. The molecular formula is C16H20N2O2. The number of hydrogen-bond donors (Lipinski definition) is 1. The predicted octanol–water partition coefficient (Wildman–Crippen LogP) is 2.78. The SMILES string of the molecule is COc1cccc(CN(C)c2ccc([C@@H](C)O)cn2)c1. The van der Waals surface area contributed by atoms with Crippen molar-refractivity contribution in [2.24, 2.45) is 0 Å². The van der Waals surface area contributed by atoms with Gasteiger partial charge in [-0.1, -0.05) is 18.2 Å². The standard InChI is InChI=1S/C16H20N2O2/c1-12(19)14-7-8-16(17-10-14)18(2)11-13-5-4-6-15(9-13)20-3/h4-10,12,19H,11H2,1-3H3/t12-/m1/s1. The third-order valence-corrected chi connectivity index (χ3v) is 3.20. The lowest BCUT2D eigenvalue weighted by Crippen LogP contribution is -2.17. The molecule has 1 N–H and O–H groups in total. The highest BCUT2D eigenvalue weighted by Gasteiger charge is 2.06. The Kier molecular flexibility index (Phi) is 4.58. The predicted molar refractivity (Wildman–Crippen MR) is 80.0 cm³/mol. The fourth-order valence-corrected chi connectivity index (χ4v) is 2.00. The molecular weight excluding hydrogens is 252 g/mol.